The van der Waals surface area contributed by atoms with E-state index in [0.29, 0.717) is 18.8 Å². The lowest BCUT2D eigenvalue weighted by Gasteiger charge is -2.24. The Bertz CT molecular complexity index is 1130. The number of anilines is 2. The van der Waals surface area contributed by atoms with Gasteiger partial charge in [0.05, 0.1) is 30.6 Å². The van der Waals surface area contributed by atoms with Crippen molar-refractivity contribution >= 4 is 40.9 Å². The van der Waals surface area contributed by atoms with Crippen molar-refractivity contribution in [1.82, 2.24) is 16.0 Å². The molecule has 0 aliphatic carbocycles. The molecule has 192 valence electrons. The number of amides is 3. The first-order valence-corrected chi connectivity index (χ1v) is 12.6. The molecule has 0 spiro atoms. The topological polar surface area (TPSA) is 138 Å². The average molecular weight is 515 g/mol. The molecule has 1 saturated heterocycles. The molecule has 2 heterocycles. The molecule has 2 aromatic carbocycles. The lowest BCUT2D eigenvalue weighted by atomic mass is 10.0. The minimum atomic E-state index is -1.06. The van der Waals surface area contributed by atoms with E-state index in [9.17, 15) is 19.5 Å². The third-order valence-corrected chi connectivity index (χ3v) is 6.95. The van der Waals surface area contributed by atoms with E-state index < -0.39 is 36.1 Å². The molecule has 2 aliphatic rings. The van der Waals surface area contributed by atoms with Gasteiger partial charge in [0.25, 0.3) is 5.91 Å². The van der Waals surface area contributed by atoms with Crippen LogP contribution >= 0.6 is 11.8 Å². The number of carbonyl (C=O) groups excluding carboxylic acids is 3. The maximum Gasteiger partial charge on any atom is 0.258 e. The van der Waals surface area contributed by atoms with Crippen molar-refractivity contribution in [2.45, 2.75) is 48.4 Å². The molecule has 3 amide bonds. The monoisotopic (exact) mass is 514 g/mol. The number of fused-ring (bicyclic) bond motifs is 2. The Hall–Kier alpha value is -3.28. The third kappa shape index (κ3) is 6.48. The van der Waals surface area contributed by atoms with E-state index in [1.807, 2.05) is 36.4 Å². The Morgan fingerprint density at radius 2 is 1.92 bits per heavy atom. The highest BCUT2D eigenvalue weighted by Gasteiger charge is 2.32. The molecular weight excluding hydrogens is 484 g/mol. The fraction of sp³-hybridized carbons (Fsp3) is 0.400. The number of hydrogen-bond donors (Lipinski definition) is 5. The van der Waals surface area contributed by atoms with Crippen molar-refractivity contribution in [1.29, 1.82) is 0 Å². The van der Waals surface area contributed by atoms with Gasteiger partial charge < -0.3 is 35.8 Å². The van der Waals surface area contributed by atoms with Crippen LogP contribution in [-0.4, -0.2) is 61.0 Å². The van der Waals surface area contributed by atoms with Gasteiger partial charge in [0.2, 0.25) is 11.8 Å². The molecule has 2 aromatic rings. The number of hydrogen-bond acceptors (Lipinski definition) is 8. The van der Waals surface area contributed by atoms with Gasteiger partial charge in [-0.2, -0.15) is 0 Å². The second-order valence-electron chi connectivity index (χ2n) is 8.90. The zero-order valence-electron chi connectivity index (χ0n) is 20.1. The summed E-state index contributed by atoms with van der Waals surface area (Å²) in [6.07, 6.45) is -0.564. The SMILES string of the molecule is CC(C)[C@H](NC(=O)CNC(=O)COc1ccc2c(c1)Nc1ccccc1S2)C(=O)N[C@H]1CCOC1O. The summed E-state index contributed by atoms with van der Waals surface area (Å²) in [6, 6.07) is 12.2. The highest BCUT2D eigenvalue weighted by molar-refractivity contribution is 7.99. The van der Waals surface area contributed by atoms with Gasteiger partial charge in [0, 0.05) is 15.9 Å². The molecule has 2 aliphatic heterocycles. The molecule has 0 bridgehead atoms. The Morgan fingerprint density at radius 3 is 2.67 bits per heavy atom. The minimum absolute atomic E-state index is 0.199. The number of benzene rings is 2. The van der Waals surface area contributed by atoms with Crippen LogP contribution in [0.5, 0.6) is 5.75 Å². The summed E-state index contributed by atoms with van der Waals surface area (Å²) >= 11 is 1.66. The van der Waals surface area contributed by atoms with Gasteiger partial charge in [0.15, 0.2) is 12.9 Å². The van der Waals surface area contributed by atoms with Crippen LogP contribution in [0.15, 0.2) is 52.3 Å². The van der Waals surface area contributed by atoms with Crippen LogP contribution in [0.3, 0.4) is 0 Å². The number of carbonyl (C=O) groups is 3. The largest absolute Gasteiger partial charge is 0.484 e. The predicted molar refractivity (Wildman–Crippen MR) is 134 cm³/mol. The standard InChI is InChI=1S/C25H30N4O6S/c1-14(2)23(24(32)28-17-9-10-34-25(17)33)29-21(30)12-26-22(31)13-35-15-7-8-20-18(11-15)27-16-5-3-4-6-19(16)36-20/h3-8,11,14,17,23,25,27,33H,9-10,12-13H2,1-2H3,(H,26,31)(H,28,32)(H,29,30)/t17-,23-,25?/m0/s1. The Labute approximate surface area is 213 Å². The van der Waals surface area contributed by atoms with E-state index in [2.05, 4.69) is 21.3 Å². The predicted octanol–water partition coefficient (Wildman–Crippen LogP) is 1.75. The zero-order chi connectivity index (χ0) is 25.7. The first kappa shape index (κ1) is 25.8. The first-order chi connectivity index (χ1) is 17.3. The van der Waals surface area contributed by atoms with Gasteiger partial charge in [-0.05, 0) is 36.6 Å². The van der Waals surface area contributed by atoms with Crippen LogP contribution in [0, 0.1) is 5.92 Å². The molecule has 1 fully saturated rings. The minimum Gasteiger partial charge on any atom is -0.484 e. The van der Waals surface area contributed by atoms with E-state index in [1.165, 1.54) is 0 Å². The van der Waals surface area contributed by atoms with Gasteiger partial charge in [-0.25, -0.2) is 0 Å². The van der Waals surface area contributed by atoms with Crippen molar-refractivity contribution in [3.05, 3.63) is 42.5 Å². The third-order valence-electron chi connectivity index (χ3n) is 5.80. The molecule has 10 nitrogen and oxygen atoms in total. The van der Waals surface area contributed by atoms with Gasteiger partial charge in [-0.1, -0.05) is 37.7 Å². The fourth-order valence-corrected chi connectivity index (χ4v) is 4.81. The highest BCUT2D eigenvalue weighted by Crippen LogP contribution is 2.44. The zero-order valence-corrected chi connectivity index (χ0v) is 20.9. The van der Waals surface area contributed by atoms with Crippen LogP contribution < -0.4 is 26.0 Å². The average Bonchev–Trinajstić information content (AvgIpc) is 3.26. The lowest BCUT2D eigenvalue weighted by Crippen LogP contribution is -2.55. The lowest BCUT2D eigenvalue weighted by molar-refractivity contribution is -0.133. The van der Waals surface area contributed by atoms with E-state index in [-0.39, 0.29) is 19.1 Å². The van der Waals surface area contributed by atoms with Gasteiger partial charge in [-0.3, -0.25) is 14.4 Å². The van der Waals surface area contributed by atoms with Crippen molar-refractivity contribution in [3.63, 3.8) is 0 Å². The van der Waals surface area contributed by atoms with Crippen LogP contribution in [-0.2, 0) is 19.1 Å². The normalized spacial score (nSPS) is 18.9. The van der Waals surface area contributed by atoms with Gasteiger partial charge in [0.1, 0.15) is 11.8 Å². The van der Waals surface area contributed by atoms with Crippen molar-refractivity contribution in [2.24, 2.45) is 5.92 Å². The van der Waals surface area contributed by atoms with Crippen LogP contribution in [0.4, 0.5) is 11.4 Å². The van der Waals surface area contributed by atoms with Crippen LogP contribution in [0.2, 0.25) is 0 Å². The van der Waals surface area contributed by atoms with Crippen LogP contribution in [0.1, 0.15) is 20.3 Å². The van der Waals surface area contributed by atoms with Crippen LogP contribution in [0.25, 0.3) is 0 Å². The molecule has 0 saturated carbocycles. The van der Waals surface area contributed by atoms with E-state index >= 15 is 0 Å². The molecule has 0 radical (unpaired) electrons. The van der Waals surface area contributed by atoms with Crippen molar-refractivity contribution in [3.8, 4) is 5.75 Å². The van der Waals surface area contributed by atoms with Gasteiger partial charge in [-0.15, -0.1) is 0 Å². The Morgan fingerprint density at radius 1 is 1.14 bits per heavy atom. The number of nitrogens with one attached hydrogen (secondary N) is 4. The number of aliphatic hydroxyl groups is 1. The molecular formula is C25H30N4O6S. The quantitative estimate of drug-likeness (QED) is 0.291. The summed E-state index contributed by atoms with van der Waals surface area (Å²) in [4.78, 5) is 39.4. The fourth-order valence-electron chi connectivity index (χ4n) is 3.84. The molecule has 5 N–H and O–H groups in total. The van der Waals surface area contributed by atoms with Crippen molar-refractivity contribution in [2.75, 3.05) is 25.1 Å². The molecule has 0 aromatic heterocycles. The summed E-state index contributed by atoms with van der Waals surface area (Å²) in [5, 5.41) is 20.9. The number of ether oxygens (including phenoxy) is 2. The van der Waals surface area contributed by atoms with Gasteiger partial charge >= 0.3 is 0 Å². The second kappa shape index (κ2) is 11.6. The summed E-state index contributed by atoms with van der Waals surface area (Å²) in [5.41, 5.74) is 1.91. The molecule has 3 atom stereocenters. The Kier molecular flexibility index (Phi) is 8.34. The van der Waals surface area contributed by atoms with E-state index in [0.717, 1.165) is 21.2 Å². The van der Waals surface area contributed by atoms with E-state index in [1.54, 1.807) is 31.7 Å². The summed E-state index contributed by atoms with van der Waals surface area (Å²) in [5.74, 6) is -1.06. The number of rotatable bonds is 9. The molecule has 4 rings (SSSR count). The molecule has 1 unspecified atom stereocenters. The Balaban J connectivity index is 1.22. The van der Waals surface area contributed by atoms with E-state index in [4.69, 9.17) is 9.47 Å². The highest BCUT2D eigenvalue weighted by atomic mass is 32.2. The van der Waals surface area contributed by atoms with Crippen molar-refractivity contribution < 1.29 is 29.0 Å². The maximum atomic E-state index is 12.6. The first-order valence-electron chi connectivity index (χ1n) is 11.8. The smallest absolute Gasteiger partial charge is 0.258 e. The second-order valence-corrected chi connectivity index (χ2v) is 9.98. The number of para-hydroxylation sites is 1. The summed E-state index contributed by atoms with van der Waals surface area (Å²) < 4.78 is 10.6. The summed E-state index contributed by atoms with van der Waals surface area (Å²) in [7, 11) is 0. The maximum absolute atomic E-state index is 12.6. The molecule has 11 heteroatoms. The molecule has 36 heavy (non-hydrogen) atoms. The number of aliphatic hydroxyl groups excluding tert-OH is 1. The summed E-state index contributed by atoms with van der Waals surface area (Å²) in [6.45, 7) is 3.39.